The van der Waals surface area contributed by atoms with Crippen LogP contribution in [0.4, 0.5) is 0 Å². The molecule has 0 saturated carbocycles. The molecule has 2 heterocycles. The number of benzene rings is 1. The SMILES string of the molecule is COC(=O)C1=C[C@H](n2cc(-c3ccccc3)nn2)[C@@H](NC(C)=O)[C@H]([C@H](OC(C)=O)[C@@H](COC(C)=O)OC(C)=O)O1. The van der Waals surface area contributed by atoms with Gasteiger partial charge < -0.3 is 29.0 Å². The van der Waals surface area contributed by atoms with E-state index in [9.17, 15) is 24.0 Å². The van der Waals surface area contributed by atoms with Gasteiger partial charge in [-0.1, -0.05) is 35.5 Å². The molecule has 214 valence electrons. The first-order valence-electron chi connectivity index (χ1n) is 12.2. The van der Waals surface area contributed by atoms with Crippen LogP contribution in [0.15, 0.2) is 48.4 Å². The molecule has 2 aromatic rings. The lowest BCUT2D eigenvalue weighted by Crippen LogP contribution is -2.60. The van der Waals surface area contributed by atoms with Crippen LogP contribution in [0.25, 0.3) is 11.3 Å². The zero-order valence-corrected chi connectivity index (χ0v) is 22.6. The summed E-state index contributed by atoms with van der Waals surface area (Å²) in [6, 6.07) is 7.18. The Hall–Kier alpha value is -4.75. The zero-order valence-electron chi connectivity index (χ0n) is 22.6. The molecule has 0 spiro atoms. The van der Waals surface area contributed by atoms with Crippen molar-refractivity contribution in [3.8, 4) is 11.3 Å². The lowest BCUT2D eigenvalue weighted by atomic mass is 9.91. The molecule has 0 fully saturated rings. The molecule has 40 heavy (non-hydrogen) atoms. The van der Waals surface area contributed by atoms with E-state index >= 15 is 0 Å². The van der Waals surface area contributed by atoms with E-state index in [1.54, 1.807) is 6.20 Å². The highest BCUT2D eigenvalue weighted by Gasteiger charge is 2.48. The Kier molecular flexibility index (Phi) is 9.95. The topological polar surface area (TPSA) is 174 Å². The molecular formula is C26H30N4O10. The molecule has 3 rings (SSSR count). The fourth-order valence-corrected chi connectivity index (χ4v) is 4.16. The van der Waals surface area contributed by atoms with Gasteiger partial charge in [0.25, 0.3) is 0 Å². The second-order valence-corrected chi connectivity index (χ2v) is 8.80. The van der Waals surface area contributed by atoms with E-state index in [0.717, 1.165) is 33.4 Å². The highest BCUT2D eigenvalue weighted by Crippen LogP contribution is 2.33. The van der Waals surface area contributed by atoms with Gasteiger partial charge in [0, 0.05) is 33.3 Å². The molecule has 1 amide bonds. The summed E-state index contributed by atoms with van der Waals surface area (Å²) >= 11 is 0. The van der Waals surface area contributed by atoms with Crippen LogP contribution < -0.4 is 5.32 Å². The zero-order chi connectivity index (χ0) is 29.4. The van der Waals surface area contributed by atoms with Crippen molar-refractivity contribution in [1.82, 2.24) is 20.3 Å². The number of nitrogens with zero attached hydrogens (tertiary/aromatic N) is 3. The summed E-state index contributed by atoms with van der Waals surface area (Å²) in [7, 11) is 1.14. The van der Waals surface area contributed by atoms with Crippen LogP contribution in [-0.4, -0.2) is 82.8 Å². The van der Waals surface area contributed by atoms with Gasteiger partial charge in [-0.2, -0.15) is 0 Å². The van der Waals surface area contributed by atoms with Crippen LogP contribution in [0, 0.1) is 0 Å². The minimum absolute atomic E-state index is 0.290. The molecule has 5 atom stereocenters. The van der Waals surface area contributed by atoms with Gasteiger partial charge in [-0.25, -0.2) is 9.48 Å². The number of esters is 4. The van der Waals surface area contributed by atoms with Gasteiger partial charge in [0.05, 0.1) is 25.4 Å². The third-order valence-electron chi connectivity index (χ3n) is 5.71. The van der Waals surface area contributed by atoms with Crippen LogP contribution in [0.1, 0.15) is 33.7 Å². The summed E-state index contributed by atoms with van der Waals surface area (Å²) in [6.07, 6.45) is -1.22. The third-order valence-corrected chi connectivity index (χ3v) is 5.71. The molecule has 1 aliphatic rings. The maximum Gasteiger partial charge on any atom is 0.373 e. The number of methoxy groups -OCH3 is 1. The Balaban J connectivity index is 2.14. The lowest BCUT2D eigenvalue weighted by Gasteiger charge is -2.41. The summed E-state index contributed by atoms with van der Waals surface area (Å²) in [5.41, 5.74) is 1.27. The first-order valence-corrected chi connectivity index (χ1v) is 12.2. The number of nitrogens with one attached hydrogen (secondary N) is 1. The van der Waals surface area contributed by atoms with Crippen molar-refractivity contribution in [2.24, 2.45) is 0 Å². The second kappa shape index (κ2) is 13.4. The Morgan fingerprint density at radius 2 is 1.68 bits per heavy atom. The quantitative estimate of drug-likeness (QED) is 0.322. The third kappa shape index (κ3) is 7.65. The summed E-state index contributed by atoms with van der Waals surface area (Å²) in [5.74, 6) is -3.91. The van der Waals surface area contributed by atoms with Gasteiger partial charge in [0.15, 0.2) is 18.3 Å². The monoisotopic (exact) mass is 558 g/mol. The van der Waals surface area contributed by atoms with Gasteiger partial charge in [-0.15, -0.1) is 5.10 Å². The van der Waals surface area contributed by atoms with Crippen LogP contribution in [0.5, 0.6) is 0 Å². The van der Waals surface area contributed by atoms with E-state index in [4.69, 9.17) is 23.7 Å². The largest absolute Gasteiger partial charge is 0.477 e. The summed E-state index contributed by atoms with van der Waals surface area (Å²) < 4.78 is 28.1. The first kappa shape index (κ1) is 29.8. The number of carbonyl (C=O) groups is 5. The van der Waals surface area contributed by atoms with Crippen LogP contribution in [0.3, 0.4) is 0 Å². The second-order valence-electron chi connectivity index (χ2n) is 8.80. The standard InChI is InChI=1S/C26H30N4O10/c1-14(31)27-23-20(30-12-19(28-29-30)18-9-7-6-8-10-18)11-21(26(35)36-5)40-25(23)24(39-17(4)34)22(38-16(3)33)13-37-15(2)32/h6-12,20,22-25H,13H2,1-5H3,(H,27,31)/t20-,22+,23+,24+,25+/m0/s1. The summed E-state index contributed by atoms with van der Waals surface area (Å²) in [4.78, 5) is 60.7. The van der Waals surface area contributed by atoms with Gasteiger partial charge in [-0.3, -0.25) is 19.2 Å². The normalized spacial score (nSPS) is 19.6. The van der Waals surface area contributed by atoms with E-state index in [-0.39, 0.29) is 5.76 Å². The van der Waals surface area contributed by atoms with Gasteiger partial charge in [-0.05, 0) is 6.08 Å². The highest BCUT2D eigenvalue weighted by molar-refractivity contribution is 5.86. The van der Waals surface area contributed by atoms with Gasteiger partial charge in [0.1, 0.15) is 12.3 Å². The molecular weight excluding hydrogens is 528 g/mol. The van der Waals surface area contributed by atoms with Crippen molar-refractivity contribution in [3.63, 3.8) is 0 Å². The molecule has 1 aromatic heterocycles. The number of aromatic nitrogens is 3. The number of hydrogen-bond acceptors (Lipinski definition) is 12. The van der Waals surface area contributed by atoms with Crippen molar-refractivity contribution in [2.45, 2.75) is 58.1 Å². The predicted octanol–water partition coefficient (Wildman–Crippen LogP) is 0.873. The van der Waals surface area contributed by atoms with Crippen LogP contribution >= 0.6 is 0 Å². The number of carbonyl (C=O) groups excluding carboxylic acids is 5. The van der Waals surface area contributed by atoms with Crippen molar-refractivity contribution < 1.29 is 47.7 Å². The maximum atomic E-state index is 12.6. The predicted molar refractivity (Wildman–Crippen MR) is 135 cm³/mol. The Bertz CT molecular complexity index is 1280. The average Bonchev–Trinajstić information content (AvgIpc) is 3.39. The molecule has 14 heteroatoms. The van der Waals surface area contributed by atoms with Crippen molar-refractivity contribution in [3.05, 3.63) is 48.4 Å². The van der Waals surface area contributed by atoms with Crippen LogP contribution in [0.2, 0.25) is 0 Å². The first-order chi connectivity index (χ1) is 19.0. The number of ether oxygens (including phenoxy) is 5. The average molecular weight is 559 g/mol. The smallest absolute Gasteiger partial charge is 0.373 e. The number of amides is 1. The Labute approximate surface area is 229 Å². The Morgan fingerprint density at radius 1 is 1.00 bits per heavy atom. The fraction of sp³-hybridized carbons (Fsp3) is 0.423. The van der Waals surface area contributed by atoms with Crippen molar-refractivity contribution >= 4 is 29.8 Å². The number of rotatable bonds is 10. The molecule has 0 unspecified atom stereocenters. The van der Waals surface area contributed by atoms with Crippen molar-refractivity contribution in [2.75, 3.05) is 13.7 Å². The minimum Gasteiger partial charge on any atom is -0.477 e. The molecule has 1 aromatic carbocycles. The minimum atomic E-state index is -1.47. The highest BCUT2D eigenvalue weighted by atomic mass is 16.6. The van der Waals surface area contributed by atoms with E-state index in [0.29, 0.717) is 5.69 Å². The van der Waals surface area contributed by atoms with E-state index in [1.807, 2.05) is 30.3 Å². The van der Waals surface area contributed by atoms with E-state index < -0.39 is 66.8 Å². The maximum absolute atomic E-state index is 12.6. The van der Waals surface area contributed by atoms with Gasteiger partial charge >= 0.3 is 23.9 Å². The number of hydrogen-bond donors (Lipinski definition) is 1. The fourth-order valence-electron chi connectivity index (χ4n) is 4.16. The van der Waals surface area contributed by atoms with Gasteiger partial charge in [0.2, 0.25) is 11.7 Å². The van der Waals surface area contributed by atoms with Crippen molar-refractivity contribution in [1.29, 1.82) is 0 Å². The molecule has 0 radical (unpaired) electrons. The molecule has 0 aliphatic carbocycles. The van der Waals surface area contributed by atoms with Crippen LogP contribution in [-0.2, 0) is 47.7 Å². The molecule has 1 aliphatic heterocycles. The lowest BCUT2D eigenvalue weighted by molar-refractivity contribution is -0.188. The van der Waals surface area contributed by atoms with E-state index in [2.05, 4.69) is 15.6 Å². The van der Waals surface area contributed by atoms with E-state index in [1.165, 1.54) is 17.7 Å². The molecule has 14 nitrogen and oxygen atoms in total. The summed E-state index contributed by atoms with van der Waals surface area (Å²) in [5, 5.41) is 11.2. The molecule has 1 N–H and O–H groups in total. The molecule has 0 saturated heterocycles. The molecule has 0 bridgehead atoms. The summed E-state index contributed by atoms with van der Waals surface area (Å²) in [6.45, 7) is 4.11. The Morgan fingerprint density at radius 3 is 2.25 bits per heavy atom.